The van der Waals surface area contributed by atoms with E-state index in [1.54, 1.807) is 11.3 Å². The van der Waals surface area contributed by atoms with Gasteiger partial charge in [-0.15, -0.1) is 0 Å². The van der Waals surface area contributed by atoms with E-state index in [9.17, 15) is 4.79 Å². The summed E-state index contributed by atoms with van der Waals surface area (Å²) in [6.45, 7) is 8.06. The highest BCUT2D eigenvalue weighted by Gasteiger charge is 2.33. The maximum Gasteiger partial charge on any atom is 0.274 e. The van der Waals surface area contributed by atoms with E-state index in [4.69, 9.17) is 5.10 Å². The number of rotatable bonds is 6. The van der Waals surface area contributed by atoms with Crippen molar-refractivity contribution in [2.24, 2.45) is 5.92 Å². The lowest BCUT2D eigenvalue weighted by molar-refractivity contribution is 0.0784. The first kappa shape index (κ1) is 19.6. The van der Waals surface area contributed by atoms with Gasteiger partial charge in [0.05, 0.1) is 0 Å². The molecule has 1 aliphatic carbocycles. The number of likely N-dealkylation sites (N-methyl/N-ethyl adjacent to an activating group) is 1. The summed E-state index contributed by atoms with van der Waals surface area (Å²) in [5.41, 5.74) is 4.62. The quantitative estimate of drug-likeness (QED) is 0.740. The number of amides is 1. The van der Waals surface area contributed by atoms with Gasteiger partial charge in [-0.2, -0.15) is 16.4 Å². The lowest BCUT2D eigenvalue weighted by atomic mass is 9.90. The molecular formula is C22H32N4OS. The van der Waals surface area contributed by atoms with Gasteiger partial charge in [-0.05, 0) is 67.5 Å². The van der Waals surface area contributed by atoms with Gasteiger partial charge in [-0.25, -0.2) is 0 Å². The number of hydrogen-bond acceptors (Lipinski definition) is 4. The second-order valence-corrected chi connectivity index (χ2v) is 9.57. The highest BCUT2D eigenvalue weighted by Crippen LogP contribution is 2.30. The molecule has 1 atom stereocenters. The van der Waals surface area contributed by atoms with Crippen molar-refractivity contribution >= 4 is 17.2 Å². The largest absolute Gasteiger partial charge is 0.337 e. The molecule has 3 heterocycles. The van der Waals surface area contributed by atoms with Crippen LogP contribution in [-0.2, 0) is 25.9 Å². The van der Waals surface area contributed by atoms with Gasteiger partial charge in [0.1, 0.15) is 0 Å². The van der Waals surface area contributed by atoms with Gasteiger partial charge >= 0.3 is 0 Å². The fraction of sp³-hybridized carbons (Fsp3) is 0.636. The molecule has 4 rings (SSSR count). The normalized spacial score (nSPS) is 19.6. The monoisotopic (exact) mass is 400 g/mol. The number of likely N-dealkylation sites (tertiary alicyclic amines) is 1. The lowest BCUT2D eigenvalue weighted by Crippen LogP contribution is -2.37. The van der Waals surface area contributed by atoms with E-state index in [1.807, 2.05) is 4.90 Å². The molecule has 2 aromatic rings. The summed E-state index contributed by atoms with van der Waals surface area (Å²) in [6.07, 6.45) is 5.32. The Kier molecular flexibility index (Phi) is 5.88. The molecule has 0 aromatic carbocycles. The summed E-state index contributed by atoms with van der Waals surface area (Å²) >= 11 is 1.76. The molecule has 0 saturated carbocycles. The molecule has 0 bridgehead atoms. The Labute approximate surface area is 172 Å². The summed E-state index contributed by atoms with van der Waals surface area (Å²) in [6, 6.07) is 2.67. The molecule has 6 heteroatoms. The van der Waals surface area contributed by atoms with E-state index in [-0.39, 0.29) is 5.91 Å². The van der Waals surface area contributed by atoms with Crippen molar-refractivity contribution in [2.75, 3.05) is 20.1 Å². The van der Waals surface area contributed by atoms with Gasteiger partial charge in [0.2, 0.25) is 0 Å². The summed E-state index contributed by atoms with van der Waals surface area (Å²) < 4.78 is 2.14. The van der Waals surface area contributed by atoms with Crippen molar-refractivity contribution in [2.45, 2.75) is 65.1 Å². The minimum atomic E-state index is 0.150. The molecule has 2 aromatic heterocycles. The number of thiophene rings is 1. The Balaban J connectivity index is 1.58. The average molecular weight is 401 g/mol. The van der Waals surface area contributed by atoms with Gasteiger partial charge in [0.25, 0.3) is 5.91 Å². The molecule has 0 N–H and O–H groups in total. The van der Waals surface area contributed by atoms with Crippen LogP contribution in [0.1, 0.15) is 60.4 Å². The first-order valence-electron chi connectivity index (χ1n) is 10.6. The maximum absolute atomic E-state index is 13.2. The molecule has 1 aliphatic heterocycles. The molecule has 152 valence electrons. The van der Waals surface area contributed by atoms with Crippen molar-refractivity contribution in [3.8, 4) is 0 Å². The third kappa shape index (κ3) is 4.03. The molecule has 5 nitrogen and oxygen atoms in total. The maximum atomic E-state index is 13.2. The predicted molar refractivity (Wildman–Crippen MR) is 114 cm³/mol. The van der Waals surface area contributed by atoms with E-state index >= 15 is 0 Å². The zero-order valence-electron chi connectivity index (χ0n) is 17.4. The third-order valence-corrected chi connectivity index (χ3v) is 6.82. The van der Waals surface area contributed by atoms with Crippen LogP contribution in [0.2, 0.25) is 0 Å². The van der Waals surface area contributed by atoms with Gasteiger partial charge < -0.3 is 4.90 Å². The van der Waals surface area contributed by atoms with Crippen LogP contribution < -0.4 is 0 Å². The van der Waals surface area contributed by atoms with Crippen LogP contribution in [0.3, 0.4) is 0 Å². The molecule has 1 amide bonds. The van der Waals surface area contributed by atoms with Gasteiger partial charge in [0.15, 0.2) is 5.69 Å². The first-order valence-corrected chi connectivity index (χ1v) is 11.6. The van der Waals surface area contributed by atoms with E-state index in [0.29, 0.717) is 12.0 Å². The number of hydrogen-bond donors (Lipinski definition) is 0. The van der Waals surface area contributed by atoms with Crippen molar-refractivity contribution in [3.63, 3.8) is 0 Å². The zero-order valence-corrected chi connectivity index (χ0v) is 18.2. The number of carbonyl (C=O) groups is 1. The van der Waals surface area contributed by atoms with Crippen LogP contribution in [-0.4, -0.2) is 51.7 Å². The third-order valence-electron chi connectivity index (χ3n) is 6.09. The van der Waals surface area contributed by atoms with Crippen LogP contribution in [0.25, 0.3) is 0 Å². The lowest BCUT2D eigenvalue weighted by Gasteiger charge is -2.32. The van der Waals surface area contributed by atoms with E-state index < -0.39 is 0 Å². The predicted octanol–water partition coefficient (Wildman–Crippen LogP) is 3.83. The molecule has 28 heavy (non-hydrogen) atoms. The number of carbonyl (C=O) groups excluding carboxylic acids is 1. The van der Waals surface area contributed by atoms with E-state index in [0.717, 1.165) is 64.0 Å². The molecule has 2 aliphatic rings. The molecule has 0 spiro atoms. The average Bonchev–Trinajstić information content (AvgIpc) is 3.42. The molecule has 0 radical (unpaired) electrons. The first-order chi connectivity index (χ1) is 13.5. The van der Waals surface area contributed by atoms with Crippen LogP contribution >= 0.6 is 11.3 Å². The summed E-state index contributed by atoms with van der Waals surface area (Å²) in [5, 5.41) is 9.23. The Bertz CT molecular complexity index is 805. The molecule has 1 fully saturated rings. The van der Waals surface area contributed by atoms with Crippen molar-refractivity contribution < 1.29 is 4.79 Å². The summed E-state index contributed by atoms with van der Waals surface area (Å²) in [7, 11) is 2.22. The van der Waals surface area contributed by atoms with Crippen molar-refractivity contribution in [3.05, 3.63) is 39.3 Å². The standard InChI is InChI=1S/C22H32N4OS/c1-16(2)13-26-20-7-6-18(24(3)14-17-8-11-28-15-17)12-19(20)21(23-26)22(27)25-9-4-5-10-25/h8,11,15-16,18H,4-7,9-10,12-14H2,1-3H3. The van der Waals surface area contributed by atoms with Crippen molar-refractivity contribution in [1.29, 1.82) is 0 Å². The molecular weight excluding hydrogens is 368 g/mol. The van der Waals surface area contributed by atoms with Crippen LogP contribution in [0, 0.1) is 5.92 Å². The Hall–Kier alpha value is -1.66. The SMILES string of the molecule is CC(C)Cn1nc(C(=O)N2CCCC2)c2c1CCC(N(C)Cc1ccsc1)C2. The Morgan fingerprint density at radius 3 is 2.82 bits per heavy atom. The van der Waals surface area contributed by atoms with Crippen LogP contribution in [0.15, 0.2) is 16.8 Å². The number of aromatic nitrogens is 2. The zero-order chi connectivity index (χ0) is 19.7. The minimum Gasteiger partial charge on any atom is -0.337 e. The number of fused-ring (bicyclic) bond motifs is 1. The minimum absolute atomic E-state index is 0.150. The van der Waals surface area contributed by atoms with E-state index in [2.05, 4.69) is 47.3 Å². The smallest absolute Gasteiger partial charge is 0.274 e. The van der Waals surface area contributed by atoms with Gasteiger partial charge in [-0.1, -0.05) is 13.8 Å². The summed E-state index contributed by atoms with van der Waals surface area (Å²) in [4.78, 5) is 17.6. The highest BCUT2D eigenvalue weighted by atomic mass is 32.1. The second-order valence-electron chi connectivity index (χ2n) is 8.79. The van der Waals surface area contributed by atoms with Gasteiger partial charge in [0, 0.05) is 43.5 Å². The van der Waals surface area contributed by atoms with Crippen LogP contribution in [0.4, 0.5) is 0 Å². The van der Waals surface area contributed by atoms with Crippen LogP contribution in [0.5, 0.6) is 0 Å². The van der Waals surface area contributed by atoms with E-state index in [1.165, 1.54) is 16.8 Å². The molecule has 1 unspecified atom stereocenters. The topological polar surface area (TPSA) is 41.4 Å². The fourth-order valence-electron chi connectivity index (χ4n) is 4.58. The summed E-state index contributed by atoms with van der Waals surface area (Å²) in [5.74, 6) is 0.676. The number of nitrogens with zero attached hydrogens (tertiary/aromatic N) is 4. The Morgan fingerprint density at radius 2 is 2.14 bits per heavy atom. The second kappa shape index (κ2) is 8.37. The van der Waals surface area contributed by atoms with Crippen molar-refractivity contribution in [1.82, 2.24) is 19.6 Å². The Morgan fingerprint density at radius 1 is 1.36 bits per heavy atom. The fourth-order valence-corrected chi connectivity index (χ4v) is 5.24. The molecule has 1 saturated heterocycles. The highest BCUT2D eigenvalue weighted by molar-refractivity contribution is 7.07. The van der Waals surface area contributed by atoms with Gasteiger partial charge in [-0.3, -0.25) is 14.4 Å².